The Bertz CT molecular complexity index is 932. The highest BCUT2D eigenvalue weighted by molar-refractivity contribution is 6.14. The fourth-order valence-corrected chi connectivity index (χ4v) is 3.10. The number of ketones is 1. The van der Waals surface area contributed by atoms with Crippen LogP contribution in [0.4, 0.5) is 4.39 Å². The average molecular weight is 384 g/mol. The van der Waals surface area contributed by atoms with Crippen LogP contribution >= 0.6 is 0 Å². The van der Waals surface area contributed by atoms with Crippen LogP contribution in [-0.4, -0.2) is 53.8 Å². The first-order valence-electron chi connectivity index (χ1n) is 8.78. The molecule has 1 amide bonds. The molecular formula is C21H21FN2O4. The molecule has 0 aliphatic carbocycles. The lowest BCUT2D eigenvalue weighted by Crippen LogP contribution is -2.36. The summed E-state index contributed by atoms with van der Waals surface area (Å²) < 4.78 is 19.0. The van der Waals surface area contributed by atoms with E-state index in [9.17, 15) is 19.1 Å². The molecule has 146 valence electrons. The zero-order valence-corrected chi connectivity index (χ0v) is 15.6. The first-order valence-corrected chi connectivity index (χ1v) is 8.78. The van der Waals surface area contributed by atoms with Gasteiger partial charge in [0.05, 0.1) is 17.9 Å². The molecule has 0 bridgehead atoms. The molecule has 1 aliphatic rings. The van der Waals surface area contributed by atoms with E-state index in [0.717, 1.165) is 0 Å². The summed E-state index contributed by atoms with van der Waals surface area (Å²) >= 11 is 0. The van der Waals surface area contributed by atoms with Crippen LogP contribution in [0.25, 0.3) is 6.08 Å². The minimum atomic E-state index is -0.864. The highest BCUT2D eigenvalue weighted by Gasteiger charge is 2.42. The molecule has 1 unspecified atom stereocenters. The van der Waals surface area contributed by atoms with E-state index in [1.54, 1.807) is 18.2 Å². The largest absolute Gasteiger partial charge is 0.503 e. The van der Waals surface area contributed by atoms with Gasteiger partial charge in [0, 0.05) is 13.1 Å². The van der Waals surface area contributed by atoms with Gasteiger partial charge in [0.15, 0.2) is 11.5 Å². The van der Waals surface area contributed by atoms with Crippen LogP contribution in [-0.2, 0) is 9.59 Å². The van der Waals surface area contributed by atoms with E-state index >= 15 is 0 Å². The van der Waals surface area contributed by atoms with Crippen LogP contribution < -0.4 is 0 Å². The molecule has 0 spiro atoms. The Morgan fingerprint density at radius 3 is 2.75 bits per heavy atom. The molecule has 2 aromatic rings. The first kappa shape index (κ1) is 19.6. The smallest absolute Gasteiger partial charge is 0.290 e. The van der Waals surface area contributed by atoms with Crippen LogP contribution in [0.15, 0.2) is 64.5 Å². The number of allylic oxidation sites excluding steroid dienone is 1. The van der Waals surface area contributed by atoms with Gasteiger partial charge in [0.2, 0.25) is 0 Å². The van der Waals surface area contributed by atoms with Gasteiger partial charge in [-0.25, -0.2) is 4.39 Å². The van der Waals surface area contributed by atoms with E-state index in [-0.39, 0.29) is 12.1 Å². The Morgan fingerprint density at radius 1 is 1.32 bits per heavy atom. The highest BCUT2D eigenvalue weighted by Crippen LogP contribution is 2.38. The van der Waals surface area contributed by atoms with Crippen molar-refractivity contribution in [1.82, 2.24) is 9.80 Å². The predicted molar refractivity (Wildman–Crippen MR) is 102 cm³/mol. The Balaban J connectivity index is 1.98. The number of hydrogen-bond donors (Lipinski definition) is 1. The highest BCUT2D eigenvalue weighted by atomic mass is 19.1. The number of nitrogens with zero attached hydrogens (tertiary/aromatic N) is 2. The maximum atomic E-state index is 13.8. The Labute approximate surface area is 162 Å². The number of furan rings is 1. The summed E-state index contributed by atoms with van der Waals surface area (Å²) in [5, 5.41) is 10.4. The Kier molecular flexibility index (Phi) is 5.75. The molecule has 2 heterocycles. The first-order chi connectivity index (χ1) is 13.4. The second-order valence-corrected chi connectivity index (χ2v) is 6.73. The molecule has 0 radical (unpaired) electrons. The normalized spacial score (nSPS) is 17.4. The number of aliphatic hydroxyl groups excluding tert-OH is 1. The molecule has 0 fully saturated rings. The predicted octanol–water partition coefficient (Wildman–Crippen LogP) is 2.96. The van der Waals surface area contributed by atoms with Crippen LogP contribution in [0.3, 0.4) is 0 Å². The van der Waals surface area contributed by atoms with E-state index in [1.165, 1.54) is 41.5 Å². The molecule has 0 saturated heterocycles. The third kappa shape index (κ3) is 4.04. The van der Waals surface area contributed by atoms with Crippen molar-refractivity contribution in [1.29, 1.82) is 0 Å². The number of rotatable bonds is 7. The molecule has 28 heavy (non-hydrogen) atoms. The molecule has 1 aromatic carbocycles. The van der Waals surface area contributed by atoms with Crippen LogP contribution in [0.1, 0.15) is 17.4 Å². The molecule has 1 aliphatic heterocycles. The zero-order valence-electron chi connectivity index (χ0n) is 15.6. The van der Waals surface area contributed by atoms with Crippen LogP contribution in [0, 0.1) is 5.82 Å². The molecule has 1 aromatic heterocycles. The number of carbonyl (C=O) groups is 2. The number of hydrogen-bond acceptors (Lipinski definition) is 5. The minimum Gasteiger partial charge on any atom is -0.503 e. The lowest BCUT2D eigenvalue weighted by atomic mass is 9.95. The van der Waals surface area contributed by atoms with Gasteiger partial charge in [-0.3, -0.25) is 9.59 Å². The van der Waals surface area contributed by atoms with Crippen molar-refractivity contribution in [3.8, 4) is 0 Å². The van der Waals surface area contributed by atoms with E-state index in [4.69, 9.17) is 4.42 Å². The lowest BCUT2D eigenvalue weighted by Gasteiger charge is -2.27. The molecular weight excluding hydrogens is 363 g/mol. The van der Waals surface area contributed by atoms with Gasteiger partial charge in [-0.15, -0.1) is 0 Å². The molecule has 6 nitrogen and oxygen atoms in total. The summed E-state index contributed by atoms with van der Waals surface area (Å²) in [6.45, 7) is 0.796. The monoisotopic (exact) mass is 384 g/mol. The van der Waals surface area contributed by atoms with Gasteiger partial charge in [-0.05, 0) is 56.1 Å². The molecule has 0 saturated carbocycles. The van der Waals surface area contributed by atoms with Crippen molar-refractivity contribution in [3.63, 3.8) is 0 Å². The summed E-state index contributed by atoms with van der Waals surface area (Å²) in [6.07, 6.45) is 4.16. The second kappa shape index (κ2) is 8.22. The minimum absolute atomic E-state index is 0.0721. The third-order valence-corrected chi connectivity index (χ3v) is 4.46. The zero-order chi connectivity index (χ0) is 20.3. The van der Waals surface area contributed by atoms with Gasteiger partial charge >= 0.3 is 0 Å². The van der Waals surface area contributed by atoms with Crippen molar-refractivity contribution in [2.75, 3.05) is 27.2 Å². The molecule has 1 atom stereocenters. The van der Waals surface area contributed by atoms with Crippen molar-refractivity contribution in [3.05, 3.63) is 77.2 Å². The van der Waals surface area contributed by atoms with Gasteiger partial charge in [-0.1, -0.05) is 12.1 Å². The maximum absolute atomic E-state index is 13.8. The van der Waals surface area contributed by atoms with Crippen molar-refractivity contribution < 1.29 is 23.5 Å². The fourth-order valence-electron chi connectivity index (χ4n) is 3.10. The molecule has 7 heteroatoms. The summed E-state index contributed by atoms with van der Waals surface area (Å²) in [5.41, 5.74) is 0.350. The van der Waals surface area contributed by atoms with E-state index in [1.807, 2.05) is 19.0 Å². The number of benzene rings is 1. The van der Waals surface area contributed by atoms with Crippen LogP contribution in [0.5, 0.6) is 0 Å². The fraction of sp³-hybridized carbons (Fsp3) is 0.238. The van der Waals surface area contributed by atoms with Crippen molar-refractivity contribution in [2.45, 2.75) is 6.04 Å². The van der Waals surface area contributed by atoms with Gasteiger partial charge in [0.1, 0.15) is 11.6 Å². The van der Waals surface area contributed by atoms with E-state index < -0.39 is 29.3 Å². The SMILES string of the molecule is CN(C)CCN1C(=O)C(O)=C(C(=O)/C=C/c2ccco2)C1c1cccc(F)c1. The number of amides is 1. The Hall–Kier alpha value is -3.19. The summed E-state index contributed by atoms with van der Waals surface area (Å²) in [6, 6.07) is 8.18. The van der Waals surface area contributed by atoms with Crippen molar-refractivity contribution >= 4 is 17.8 Å². The van der Waals surface area contributed by atoms with Gasteiger partial charge in [-0.2, -0.15) is 0 Å². The number of halogens is 1. The third-order valence-electron chi connectivity index (χ3n) is 4.46. The second-order valence-electron chi connectivity index (χ2n) is 6.73. The quantitative estimate of drug-likeness (QED) is 0.743. The van der Waals surface area contributed by atoms with Gasteiger partial charge in [0.25, 0.3) is 5.91 Å². The number of aliphatic hydroxyl groups is 1. The van der Waals surface area contributed by atoms with E-state index in [2.05, 4.69) is 0 Å². The average Bonchev–Trinajstić information content (AvgIpc) is 3.25. The maximum Gasteiger partial charge on any atom is 0.290 e. The summed E-state index contributed by atoms with van der Waals surface area (Å²) in [7, 11) is 3.70. The molecule has 3 rings (SSSR count). The van der Waals surface area contributed by atoms with Crippen LogP contribution in [0.2, 0.25) is 0 Å². The topological polar surface area (TPSA) is 74.0 Å². The Morgan fingerprint density at radius 2 is 2.11 bits per heavy atom. The summed E-state index contributed by atoms with van der Waals surface area (Å²) in [4.78, 5) is 28.7. The lowest BCUT2D eigenvalue weighted by molar-refractivity contribution is -0.129. The molecule has 1 N–H and O–H groups in total. The van der Waals surface area contributed by atoms with Gasteiger partial charge < -0.3 is 19.3 Å². The summed E-state index contributed by atoms with van der Waals surface area (Å²) in [5.74, 6) is -1.82. The number of likely N-dealkylation sites (N-methyl/N-ethyl adjacent to an activating group) is 1. The standard InChI is InChI=1S/C21H21FN2O4/c1-23(2)10-11-24-19(14-5-3-6-15(22)13-14)18(20(26)21(24)27)17(25)9-8-16-7-4-12-28-16/h3-9,12-13,19,26H,10-11H2,1-2H3/b9-8+. The van der Waals surface area contributed by atoms with Crippen molar-refractivity contribution in [2.24, 2.45) is 0 Å². The van der Waals surface area contributed by atoms with E-state index in [0.29, 0.717) is 17.9 Å². The number of carbonyl (C=O) groups excluding carboxylic acids is 2.